The van der Waals surface area contributed by atoms with E-state index in [2.05, 4.69) is 41.5 Å². The highest BCUT2D eigenvalue weighted by Gasteiger charge is 2.11. The summed E-state index contributed by atoms with van der Waals surface area (Å²) >= 11 is 2.90. The van der Waals surface area contributed by atoms with Crippen molar-refractivity contribution in [1.82, 2.24) is 9.80 Å². The summed E-state index contributed by atoms with van der Waals surface area (Å²) in [4.78, 5) is 27.1. The fourth-order valence-corrected chi connectivity index (χ4v) is 3.72. The topological polar surface area (TPSA) is 40.6 Å². The molecule has 0 unspecified atom stereocenters. The van der Waals surface area contributed by atoms with Gasteiger partial charge in [-0.25, -0.2) is 0 Å². The predicted molar refractivity (Wildman–Crippen MR) is 121 cm³/mol. The second-order valence-corrected chi connectivity index (χ2v) is 8.30. The van der Waals surface area contributed by atoms with Crippen LogP contribution in [-0.2, 0) is 0 Å². The van der Waals surface area contributed by atoms with E-state index in [1.165, 1.54) is 23.5 Å². The normalized spacial score (nSPS) is 10.1. The molecule has 0 saturated heterocycles. The number of thioether (sulfide) groups is 2. The third-order valence-electron chi connectivity index (χ3n) is 3.35. The molecule has 0 aromatic heterocycles. The molecule has 0 spiro atoms. The Balaban J connectivity index is 0. The van der Waals surface area contributed by atoms with Gasteiger partial charge in [0.2, 0.25) is 0 Å². The molecule has 0 aromatic rings. The van der Waals surface area contributed by atoms with E-state index in [0.717, 1.165) is 76.2 Å². The van der Waals surface area contributed by atoms with Crippen LogP contribution < -0.4 is 0 Å². The van der Waals surface area contributed by atoms with E-state index in [1.807, 2.05) is 9.80 Å². The molecular weight excluding hydrogens is 364 g/mol. The van der Waals surface area contributed by atoms with Gasteiger partial charge in [-0.05, 0) is 38.5 Å². The molecule has 0 bridgehead atoms. The van der Waals surface area contributed by atoms with Gasteiger partial charge in [-0.15, -0.1) is 0 Å². The first-order chi connectivity index (χ1) is 12.5. The summed E-state index contributed by atoms with van der Waals surface area (Å²) in [5, 5.41) is 0.510. The van der Waals surface area contributed by atoms with E-state index in [-0.39, 0.29) is 10.5 Å². The number of nitrogens with zero attached hydrogens (tertiary/aromatic N) is 2. The van der Waals surface area contributed by atoms with Crippen LogP contribution in [0.15, 0.2) is 0 Å². The Bertz CT molecular complexity index is 298. The average molecular weight is 407 g/mol. The van der Waals surface area contributed by atoms with Crippen LogP contribution in [0.3, 0.4) is 0 Å². The van der Waals surface area contributed by atoms with Gasteiger partial charge in [-0.1, -0.05) is 65.1 Å². The Labute approximate surface area is 171 Å². The third kappa shape index (κ3) is 15.9. The van der Waals surface area contributed by atoms with Gasteiger partial charge in [0.05, 0.1) is 0 Å². The summed E-state index contributed by atoms with van der Waals surface area (Å²) in [6, 6.07) is 0. The largest absolute Gasteiger partial charge is 0.334 e. The Hall–Kier alpha value is -0.360. The average Bonchev–Trinajstić information content (AvgIpc) is 2.64. The van der Waals surface area contributed by atoms with Crippen molar-refractivity contribution in [2.45, 2.75) is 80.1 Å². The maximum absolute atomic E-state index is 11.6. The highest BCUT2D eigenvalue weighted by atomic mass is 32.2. The molecule has 4 nitrogen and oxygen atoms in total. The molecular formula is C20H42N2O2S2. The third-order valence-corrected chi connectivity index (χ3v) is 5.58. The maximum Gasteiger partial charge on any atom is 0.281 e. The van der Waals surface area contributed by atoms with E-state index >= 15 is 0 Å². The van der Waals surface area contributed by atoms with Gasteiger partial charge in [-0.2, -0.15) is 0 Å². The van der Waals surface area contributed by atoms with Gasteiger partial charge in [0.15, 0.2) is 0 Å². The van der Waals surface area contributed by atoms with E-state index in [1.54, 1.807) is 0 Å². The minimum absolute atomic E-state index is 0.255. The lowest BCUT2D eigenvalue weighted by atomic mass is 10.4. The molecule has 0 N–H and O–H groups in total. The van der Waals surface area contributed by atoms with Gasteiger partial charge in [0.1, 0.15) is 0 Å². The Kier molecular flexibility index (Phi) is 22.4. The molecule has 0 radical (unpaired) electrons. The lowest BCUT2D eigenvalue weighted by Crippen LogP contribution is -2.29. The van der Waals surface area contributed by atoms with E-state index < -0.39 is 0 Å². The first-order valence-corrected chi connectivity index (χ1v) is 12.3. The second-order valence-electron chi connectivity index (χ2n) is 6.20. The van der Waals surface area contributed by atoms with Crippen molar-refractivity contribution in [3.8, 4) is 0 Å². The molecule has 26 heavy (non-hydrogen) atoms. The van der Waals surface area contributed by atoms with Crippen molar-refractivity contribution in [3.05, 3.63) is 0 Å². The number of carbonyl (C=O) groups is 2. The Morgan fingerprint density at radius 3 is 1.00 bits per heavy atom. The second kappa shape index (κ2) is 20.9. The summed E-state index contributed by atoms with van der Waals surface area (Å²) < 4.78 is 0. The summed E-state index contributed by atoms with van der Waals surface area (Å²) in [6.45, 7) is 16.3. The van der Waals surface area contributed by atoms with E-state index in [4.69, 9.17) is 0 Å². The standard InChI is InChI=1S/2C10H21NOS/c2*1-4-7-11(8-5-2)10(12)13-9-6-3/h2*4-9H2,1-3H3. The first kappa shape index (κ1) is 27.9. The number of hydrogen-bond donors (Lipinski definition) is 0. The highest BCUT2D eigenvalue weighted by molar-refractivity contribution is 8.13. The van der Waals surface area contributed by atoms with Crippen LogP contribution in [0, 0.1) is 0 Å². The van der Waals surface area contributed by atoms with E-state index in [0.29, 0.717) is 0 Å². The zero-order chi connectivity index (χ0) is 20.2. The molecule has 0 aromatic carbocycles. The Morgan fingerprint density at radius 2 is 0.808 bits per heavy atom. The Morgan fingerprint density at radius 1 is 0.538 bits per heavy atom. The molecule has 2 amide bonds. The highest BCUT2D eigenvalue weighted by Crippen LogP contribution is 2.11. The zero-order valence-corrected chi connectivity index (χ0v) is 19.6. The van der Waals surface area contributed by atoms with Gasteiger partial charge in [-0.3, -0.25) is 9.59 Å². The van der Waals surface area contributed by atoms with Gasteiger partial charge in [0, 0.05) is 37.7 Å². The SMILES string of the molecule is CCCSC(=O)N(CCC)CCC.CCCSC(=O)N(CCC)CCC. The zero-order valence-electron chi connectivity index (χ0n) is 18.0. The molecule has 0 aliphatic rings. The van der Waals surface area contributed by atoms with Crippen LogP contribution in [0.2, 0.25) is 0 Å². The van der Waals surface area contributed by atoms with Crippen LogP contribution in [-0.4, -0.2) is 58.0 Å². The number of hydrogen-bond acceptors (Lipinski definition) is 4. The van der Waals surface area contributed by atoms with Crippen LogP contribution in [0.5, 0.6) is 0 Å². The fraction of sp³-hybridized carbons (Fsp3) is 0.900. The van der Waals surface area contributed by atoms with Crippen LogP contribution in [0.4, 0.5) is 9.59 Å². The molecule has 0 saturated carbocycles. The van der Waals surface area contributed by atoms with Crippen molar-refractivity contribution in [2.75, 3.05) is 37.7 Å². The van der Waals surface area contributed by atoms with Crippen LogP contribution in [0.1, 0.15) is 80.1 Å². The monoisotopic (exact) mass is 406 g/mol. The van der Waals surface area contributed by atoms with Crippen molar-refractivity contribution < 1.29 is 9.59 Å². The summed E-state index contributed by atoms with van der Waals surface area (Å²) in [7, 11) is 0. The van der Waals surface area contributed by atoms with Crippen LogP contribution in [0.25, 0.3) is 0 Å². The fourth-order valence-electron chi connectivity index (χ4n) is 2.23. The lowest BCUT2D eigenvalue weighted by Gasteiger charge is -2.20. The molecule has 6 heteroatoms. The molecule has 0 aliphatic heterocycles. The number of rotatable bonds is 12. The first-order valence-electron chi connectivity index (χ1n) is 10.3. The van der Waals surface area contributed by atoms with Crippen molar-refractivity contribution >= 4 is 34.0 Å². The lowest BCUT2D eigenvalue weighted by molar-refractivity contribution is 0.222. The molecule has 0 fully saturated rings. The minimum Gasteiger partial charge on any atom is -0.334 e. The number of amides is 2. The van der Waals surface area contributed by atoms with Crippen molar-refractivity contribution in [3.63, 3.8) is 0 Å². The molecule has 0 heterocycles. The smallest absolute Gasteiger partial charge is 0.281 e. The predicted octanol–water partition coefficient (Wildman–Crippen LogP) is 6.74. The summed E-state index contributed by atoms with van der Waals surface area (Å²) in [5.74, 6) is 1.89. The van der Waals surface area contributed by atoms with E-state index in [9.17, 15) is 9.59 Å². The molecule has 0 atom stereocenters. The van der Waals surface area contributed by atoms with Gasteiger partial charge < -0.3 is 9.80 Å². The molecule has 156 valence electrons. The number of carbonyl (C=O) groups excluding carboxylic acids is 2. The van der Waals surface area contributed by atoms with Crippen molar-refractivity contribution in [1.29, 1.82) is 0 Å². The maximum atomic E-state index is 11.6. The van der Waals surface area contributed by atoms with Crippen molar-refractivity contribution in [2.24, 2.45) is 0 Å². The van der Waals surface area contributed by atoms with Gasteiger partial charge >= 0.3 is 0 Å². The van der Waals surface area contributed by atoms with Gasteiger partial charge in [0.25, 0.3) is 10.5 Å². The quantitative estimate of drug-likeness (QED) is 0.360. The minimum atomic E-state index is 0.255. The summed E-state index contributed by atoms with van der Waals surface area (Å²) in [5.41, 5.74) is 0. The summed E-state index contributed by atoms with van der Waals surface area (Å²) in [6.07, 6.45) is 6.36. The molecule has 0 aliphatic carbocycles. The molecule has 0 rings (SSSR count). The van der Waals surface area contributed by atoms with Crippen LogP contribution >= 0.6 is 23.5 Å².